The number of benzene rings is 2. The molecule has 0 atom stereocenters. The molecule has 2 aromatic rings. The second-order valence-electron chi connectivity index (χ2n) is 10.1. The maximum atomic E-state index is 2.65. The Morgan fingerprint density at radius 2 is 1.54 bits per heavy atom. The van der Waals surface area contributed by atoms with Gasteiger partial charge in [-0.2, -0.15) is 0 Å². The molecule has 4 rings (SSSR count). The van der Waals surface area contributed by atoms with Crippen molar-refractivity contribution in [2.45, 2.75) is 43.0 Å². The molecule has 2 aliphatic carbocycles. The molecule has 150 valence electrons. The first kappa shape index (κ1) is 23.9. The zero-order valence-corrected chi connectivity index (χ0v) is 24.3. The molecule has 0 aliphatic heterocycles. The zero-order chi connectivity index (χ0) is 18.8. The van der Waals surface area contributed by atoms with Crippen LogP contribution >= 0.6 is 24.8 Å². The molecule has 0 amide bonds. The van der Waals surface area contributed by atoms with Gasteiger partial charge < -0.3 is 0 Å². The van der Waals surface area contributed by atoms with Crippen LogP contribution in [-0.2, 0) is 23.5 Å². The van der Waals surface area contributed by atoms with Crippen molar-refractivity contribution in [3.8, 4) is 11.1 Å². The second kappa shape index (κ2) is 7.69. The minimum atomic E-state index is -3.31. The molecule has 0 unspecified atom stereocenters. The van der Waals surface area contributed by atoms with Crippen molar-refractivity contribution < 1.29 is 17.1 Å². The molecule has 0 aromatic heterocycles. The van der Waals surface area contributed by atoms with Gasteiger partial charge in [0.25, 0.3) is 0 Å². The van der Waals surface area contributed by atoms with Crippen LogP contribution < -0.4 is 3.32 Å². The van der Waals surface area contributed by atoms with E-state index in [2.05, 4.69) is 91.7 Å². The Morgan fingerprint density at radius 3 is 2.18 bits per heavy atom. The van der Waals surface area contributed by atoms with Crippen molar-refractivity contribution >= 4 is 35.1 Å². The van der Waals surface area contributed by atoms with Gasteiger partial charge in [-0.25, -0.2) is 0 Å². The van der Waals surface area contributed by atoms with Crippen molar-refractivity contribution in [2.75, 3.05) is 0 Å². The van der Waals surface area contributed by atoms with Gasteiger partial charge in [0.15, 0.2) is 0 Å². The molecule has 2 aromatic carbocycles. The van der Waals surface area contributed by atoms with Crippen LogP contribution in [0.4, 0.5) is 0 Å². The van der Waals surface area contributed by atoms with E-state index in [1.165, 1.54) is 22.3 Å². The minimum Gasteiger partial charge on any atom is -0.147 e. The van der Waals surface area contributed by atoms with Crippen LogP contribution in [0.5, 0.6) is 0 Å². The average Bonchev–Trinajstić information content (AvgIpc) is 3.19. The summed E-state index contributed by atoms with van der Waals surface area (Å²) in [6.07, 6.45) is 7.34. The number of hydrogen-bond donors (Lipinski definition) is 0. The molecule has 0 fully saturated rings. The summed E-state index contributed by atoms with van der Waals surface area (Å²) in [7, 11) is 0. The van der Waals surface area contributed by atoms with Crippen LogP contribution in [0.2, 0.25) is 9.36 Å². The Bertz CT molecular complexity index is 1050. The molecule has 28 heavy (non-hydrogen) atoms. The van der Waals surface area contributed by atoms with E-state index in [1.807, 2.05) is 0 Å². The number of fused-ring (bicyclic) bond motifs is 3. The smallest absolute Gasteiger partial charge is 0.147 e. The Morgan fingerprint density at radius 1 is 0.893 bits per heavy atom. The average molecular weight is 598 g/mol. The van der Waals surface area contributed by atoms with Crippen molar-refractivity contribution in [3.63, 3.8) is 0 Å². The third-order valence-electron chi connectivity index (χ3n) is 6.48. The van der Waals surface area contributed by atoms with Gasteiger partial charge in [0.05, 0.1) is 0 Å². The van der Waals surface area contributed by atoms with Crippen molar-refractivity contribution in [1.82, 2.24) is 0 Å². The maximum Gasteiger partial charge on any atom is -0.147 e. The van der Waals surface area contributed by atoms with Crippen molar-refractivity contribution in [2.24, 2.45) is 5.41 Å². The summed E-state index contributed by atoms with van der Waals surface area (Å²) in [6, 6.07) is 16.1. The van der Waals surface area contributed by atoms with E-state index >= 15 is 0 Å². The molecule has 0 N–H and O–H groups in total. The number of allylic oxidation sites excluding steroid dienone is 4. The molecule has 0 spiro atoms. The minimum absolute atomic E-state index is 0. The summed E-state index contributed by atoms with van der Waals surface area (Å²) >= 11 is -3.31. The van der Waals surface area contributed by atoms with Gasteiger partial charge in [0, 0.05) is 0 Å². The molecular formula is C24H32Cl2HfSi. The van der Waals surface area contributed by atoms with Gasteiger partial charge in [-0.1, -0.05) is 0 Å². The summed E-state index contributed by atoms with van der Waals surface area (Å²) in [4.78, 5) is 0. The molecular weight excluding hydrogens is 566 g/mol. The van der Waals surface area contributed by atoms with Gasteiger partial charge in [0.2, 0.25) is 0 Å². The van der Waals surface area contributed by atoms with Crippen LogP contribution in [0.3, 0.4) is 0 Å². The van der Waals surface area contributed by atoms with Crippen LogP contribution in [0.15, 0.2) is 63.5 Å². The summed E-state index contributed by atoms with van der Waals surface area (Å²) in [6.45, 7) is 9.38. The molecule has 0 saturated heterocycles. The Balaban J connectivity index is 0.00000140. The third kappa shape index (κ3) is 3.83. The van der Waals surface area contributed by atoms with Crippen LogP contribution in [0.1, 0.15) is 38.3 Å². The first-order valence-electron chi connectivity index (χ1n) is 9.76. The second-order valence-corrected chi connectivity index (χ2v) is 51.0. The van der Waals surface area contributed by atoms with Gasteiger partial charge in [-0.3, -0.25) is 0 Å². The predicted molar refractivity (Wildman–Crippen MR) is 129 cm³/mol. The normalized spacial score (nSPS) is 15.6. The molecule has 2 aliphatic rings. The fourth-order valence-corrected chi connectivity index (χ4v) is 22.1. The first-order chi connectivity index (χ1) is 12.1. The van der Waals surface area contributed by atoms with Crippen molar-refractivity contribution in [3.05, 3.63) is 74.6 Å². The van der Waals surface area contributed by atoms with E-state index in [-0.39, 0.29) is 30.2 Å². The Kier molecular flexibility index (Phi) is 6.55. The number of hydrogen-bond acceptors (Lipinski definition) is 0. The molecule has 0 saturated carbocycles. The van der Waals surface area contributed by atoms with E-state index in [1.54, 1.807) is 12.2 Å². The fourth-order valence-electron chi connectivity index (χ4n) is 4.69. The third-order valence-corrected chi connectivity index (χ3v) is 29.9. The van der Waals surface area contributed by atoms with Gasteiger partial charge >= 0.3 is 162 Å². The zero-order valence-electron chi connectivity index (χ0n) is 17.6. The molecule has 0 radical (unpaired) electrons. The van der Waals surface area contributed by atoms with E-state index in [0.29, 0.717) is 0 Å². The van der Waals surface area contributed by atoms with E-state index in [0.717, 1.165) is 12.8 Å². The topological polar surface area (TPSA) is 0 Å². The van der Waals surface area contributed by atoms with Crippen LogP contribution in [-0.4, -0.2) is 6.94 Å². The monoisotopic (exact) mass is 598 g/mol. The number of rotatable bonds is 2. The summed E-state index contributed by atoms with van der Waals surface area (Å²) in [5.74, 6) is 0. The predicted octanol–water partition coefficient (Wildman–Crippen LogP) is 6.32. The van der Waals surface area contributed by atoms with Crippen LogP contribution in [0.25, 0.3) is 11.1 Å². The molecule has 0 nitrogen and oxygen atoms in total. The Labute approximate surface area is 185 Å². The Hall–Kier alpha value is -0.413. The van der Waals surface area contributed by atoms with Gasteiger partial charge in [-0.15, -0.1) is 24.8 Å². The molecule has 0 heterocycles. The first-order valence-corrected chi connectivity index (χ1v) is 28.9. The van der Waals surface area contributed by atoms with E-state index in [9.17, 15) is 0 Å². The quantitative estimate of drug-likeness (QED) is 0.303. The van der Waals surface area contributed by atoms with E-state index < -0.39 is 17.1 Å². The van der Waals surface area contributed by atoms with Gasteiger partial charge in [-0.05, 0) is 0 Å². The summed E-state index contributed by atoms with van der Waals surface area (Å²) in [5, 5.41) is 0. The van der Waals surface area contributed by atoms with Gasteiger partial charge in [0.1, 0.15) is 0 Å². The maximum absolute atomic E-state index is 3.31. The van der Waals surface area contributed by atoms with Crippen LogP contribution in [0, 0.1) is 5.41 Å². The largest absolute Gasteiger partial charge is 0.147 e. The molecule has 4 heteroatoms. The standard InChI is InChI=1S/C13H9.C9H13.2CH3.2ClH.Hf.H2Si/c1-3-7-12-10(5-1)9-11-6-2-4-8-13(11)12;1-9(2,3)8-6-4-5-7-8;;;;;;/h1-5,7-8H,9H2;6-7H,4H2,1-3H3;2*1H3;2*1H;;1H2. The van der Waals surface area contributed by atoms with E-state index in [4.69, 9.17) is 0 Å². The fraction of sp³-hybridized carbons (Fsp3) is 0.333. The summed E-state index contributed by atoms with van der Waals surface area (Å²) < 4.78 is 8.78. The molecule has 0 bridgehead atoms. The number of halogens is 2. The van der Waals surface area contributed by atoms with Crippen molar-refractivity contribution in [1.29, 1.82) is 0 Å². The SMILES string of the molecule is CC(C)(C)C1=CC[C]([Hf]([CH3])([CH3])(=[SiH2])[c]2cccc3c2Cc2ccccc2-3)=C1.Cl.Cl. The summed E-state index contributed by atoms with van der Waals surface area (Å²) in [5.41, 5.74) is 7.84.